The maximum absolute atomic E-state index is 12.3. The molecule has 110 valence electrons. The summed E-state index contributed by atoms with van der Waals surface area (Å²) in [5.74, 6) is 0.710. The molecule has 1 aromatic heterocycles. The number of carbonyl (C=O) groups is 1. The van der Waals surface area contributed by atoms with Crippen LogP contribution in [0.3, 0.4) is 0 Å². The molecule has 0 saturated carbocycles. The Labute approximate surface area is 122 Å². The first-order valence-electron chi connectivity index (χ1n) is 7.14. The van der Waals surface area contributed by atoms with Crippen molar-refractivity contribution in [2.75, 3.05) is 13.1 Å². The number of aromatic nitrogens is 3. The van der Waals surface area contributed by atoms with Crippen molar-refractivity contribution in [3.05, 3.63) is 52.2 Å². The second kappa shape index (κ2) is 5.55. The van der Waals surface area contributed by atoms with E-state index in [1.54, 1.807) is 4.90 Å². The highest BCUT2D eigenvalue weighted by molar-refractivity contribution is 5.90. The summed E-state index contributed by atoms with van der Waals surface area (Å²) in [7, 11) is 0. The maximum atomic E-state index is 12.3. The van der Waals surface area contributed by atoms with Crippen molar-refractivity contribution in [3.8, 4) is 0 Å². The third-order valence-corrected chi connectivity index (χ3v) is 4.12. The molecule has 1 aliphatic heterocycles. The zero-order chi connectivity index (χ0) is 14.8. The number of carbonyl (C=O) groups excluding carboxylic acids is 1. The zero-order valence-electron chi connectivity index (χ0n) is 11.9. The SMILES string of the molecule is C[C@H]1CN(C(=O)c2n[nH]c(=O)[nH]2)CC[C@H]1c1ccccc1. The molecule has 2 N–H and O–H groups in total. The minimum absolute atomic E-state index is 0.0883. The molecule has 0 radical (unpaired) electrons. The molecular weight excluding hydrogens is 268 g/mol. The summed E-state index contributed by atoms with van der Waals surface area (Å²) >= 11 is 0. The average Bonchev–Trinajstić information content (AvgIpc) is 2.94. The summed E-state index contributed by atoms with van der Waals surface area (Å²) in [5, 5.41) is 5.93. The summed E-state index contributed by atoms with van der Waals surface area (Å²) in [4.78, 5) is 27.5. The van der Waals surface area contributed by atoms with Gasteiger partial charge in [0.2, 0.25) is 5.82 Å². The number of rotatable bonds is 2. The zero-order valence-corrected chi connectivity index (χ0v) is 11.9. The normalized spacial score (nSPS) is 22.2. The average molecular weight is 286 g/mol. The molecule has 2 aromatic rings. The summed E-state index contributed by atoms with van der Waals surface area (Å²) in [6.45, 7) is 3.51. The number of hydrogen-bond acceptors (Lipinski definition) is 3. The van der Waals surface area contributed by atoms with Gasteiger partial charge in [0.25, 0.3) is 5.91 Å². The molecule has 0 aliphatic carbocycles. The third-order valence-electron chi connectivity index (χ3n) is 4.12. The molecule has 0 bridgehead atoms. The van der Waals surface area contributed by atoms with Crippen LogP contribution in [-0.4, -0.2) is 39.1 Å². The minimum Gasteiger partial charge on any atom is -0.336 e. The van der Waals surface area contributed by atoms with Gasteiger partial charge in [-0.25, -0.2) is 9.89 Å². The number of nitrogens with one attached hydrogen (secondary N) is 2. The van der Waals surface area contributed by atoms with Crippen LogP contribution >= 0.6 is 0 Å². The van der Waals surface area contributed by atoms with Gasteiger partial charge in [-0.3, -0.25) is 9.78 Å². The van der Waals surface area contributed by atoms with Gasteiger partial charge in [-0.15, -0.1) is 5.10 Å². The van der Waals surface area contributed by atoms with Gasteiger partial charge in [0, 0.05) is 13.1 Å². The molecule has 6 heteroatoms. The van der Waals surface area contributed by atoms with E-state index in [9.17, 15) is 9.59 Å². The molecule has 2 heterocycles. The Bertz CT molecular complexity index is 676. The summed E-state index contributed by atoms with van der Waals surface area (Å²) < 4.78 is 0. The van der Waals surface area contributed by atoms with E-state index in [2.05, 4.69) is 34.2 Å². The van der Waals surface area contributed by atoms with Crippen LogP contribution in [0.4, 0.5) is 0 Å². The lowest BCUT2D eigenvalue weighted by Crippen LogP contribution is -2.42. The Kier molecular flexibility index (Phi) is 3.60. The van der Waals surface area contributed by atoms with E-state index in [1.807, 2.05) is 18.2 Å². The molecule has 2 atom stereocenters. The molecule has 1 aliphatic rings. The van der Waals surface area contributed by atoms with E-state index >= 15 is 0 Å². The van der Waals surface area contributed by atoms with Crippen molar-refractivity contribution >= 4 is 5.91 Å². The van der Waals surface area contributed by atoms with Gasteiger partial charge < -0.3 is 4.90 Å². The van der Waals surface area contributed by atoms with Crippen molar-refractivity contribution in [3.63, 3.8) is 0 Å². The Hall–Kier alpha value is -2.37. The van der Waals surface area contributed by atoms with Gasteiger partial charge in [-0.2, -0.15) is 0 Å². The molecule has 6 nitrogen and oxygen atoms in total. The number of H-pyrrole nitrogens is 2. The van der Waals surface area contributed by atoms with Crippen molar-refractivity contribution in [1.29, 1.82) is 0 Å². The van der Waals surface area contributed by atoms with Crippen LogP contribution in [0, 0.1) is 5.92 Å². The Morgan fingerprint density at radius 2 is 2.10 bits per heavy atom. The van der Waals surface area contributed by atoms with Crippen LogP contribution in [0.1, 0.15) is 35.4 Å². The monoisotopic (exact) mass is 286 g/mol. The van der Waals surface area contributed by atoms with E-state index in [4.69, 9.17) is 0 Å². The van der Waals surface area contributed by atoms with Gasteiger partial charge in [-0.05, 0) is 23.8 Å². The predicted molar refractivity (Wildman–Crippen MR) is 78.1 cm³/mol. The minimum atomic E-state index is -0.453. The first kappa shape index (κ1) is 13.6. The number of aromatic amines is 2. The van der Waals surface area contributed by atoms with Gasteiger partial charge in [-0.1, -0.05) is 37.3 Å². The second-order valence-electron chi connectivity index (χ2n) is 5.56. The highest BCUT2D eigenvalue weighted by atomic mass is 16.2. The molecular formula is C15H18N4O2. The highest BCUT2D eigenvalue weighted by Gasteiger charge is 2.30. The van der Waals surface area contributed by atoms with Gasteiger partial charge >= 0.3 is 5.69 Å². The Balaban J connectivity index is 1.71. The van der Waals surface area contributed by atoms with Crippen molar-refractivity contribution in [1.82, 2.24) is 20.1 Å². The fourth-order valence-electron chi connectivity index (χ4n) is 3.05. The van der Waals surface area contributed by atoms with Crippen LogP contribution in [0.5, 0.6) is 0 Å². The van der Waals surface area contributed by atoms with E-state index < -0.39 is 5.69 Å². The lowest BCUT2D eigenvalue weighted by Gasteiger charge is -2.36. The molecule has 1 aromatic carbocycles. The first-order chi connectivity index (χ1) is 10.1. The third kappa shape index (κ3) is 2.74. The van der Waals surface area contributed by atoms with Gasteiger partial charge in [0.05, 0.1) is 0 Å². The summed E-state index contributed by atoms with van der Waals surface area (Å²) in [6, 6.07) is 10.4. The number of piperidine rings is 1. The van der Waals surface area contributed by atoms with Gasteiger partial charge in [0.1, 0.15) is 0 Å². The molecule has 21 heavy (non-hydrogen) atoms. The van der Waals surface area contributed by atoms with E-state index in [1.165, 1.54) is 5.56 Å². The number of nitrogens with zero attached hydrogens (tertiary/aromatic N) is 2. The largest absolute Gasteiger partial charge is 0.341 e. The number of hydrogen-bond donors (Lipinski definition) is 2. The molecule has 1 fully saturated rings. The summed E-state index contributed by atoms with van der Waals surface area (Å²) in [5.41, 5.74) is 0.871. The smallest absolute Gasteiger partial charge is 0.336 e. The predicted octanol–water partition coefficient (Wildman–Crippen LogP) is 1.36. The van der Waals surface area contributed by atoms with Crippen molar-refractivity contribution < 1.29 is 4.79 Å². The van der Waals surface area contributed by atoms with Crippen LogP contribution < -0.4 is 5.69 Å². The highest BCUT2D eigenvalue weighted by Crippen LogP contribution is 2.32. The standard InChI is InChI=1S/C15H18N4O2/c1-10-9-19(14(20)13-16-15(21)18-17-13)8-7-12(10)11-5-3-2-4-6-11/h2-6,10,12H,7-9H2,1H3,(H2,16,17,18,21)/t10-,12+/m0/s1. The van der Waals surface area contributed by atoms with Gasteiger partial charge in [0.15, 0.2) is 0 Å². The molecule has 3 rings (SSSR count). The Morgan fingerprint density at radius 3 is 2.71 bits per heavy atom. The number of amides is 1. The van der Waals surface area contributed by atoms with Crippen LogP contribution in [0.15, 0.2) is 35.1 Å². The van der Waals surface area contributed by atoms with E-state index in [0.717, 1.165) is 6.42 Å². The topological polar surface area (TPSA) is 81.8 Å². The molecule has 0 spiro atoms. The fraction of sp³-hybridized carbons (Fsp3) is 0.400. The fourth-order valence-corrected chi connectivity index (χ4v) is 3.05. The lowest BCUT2D eigenvalue weighted by molar-refractivity contribution is 0.0649. The lowest BCUT2D eigenvalue weighted by atomic mass is 9.81. The molecule has 0 unspecified atom stereocenters. The maximum Gasteiger partial charge on any atom is 0.341 e. The van der Waals surface area contributed by atoms with Crippen molar-refractivity contribution in [2.24, 2.45) is 5.92 Å². The first-order valence-corrected chi connectivity index (χ1v) is 7.14. The number of likely N-dealkylation sites (tertiary alicyclic amines) is 1. The van der Waals surface area contributed by atoms with Crippen LogP contribution in [0.25, 0.3) is 0 Å². The summed E-state index contributed by atoms with van der Waals surface area (Å²) in [6.07, 6.45) is 0.922. The Morgan fingerprint density at radius 1 is 1.33 bits per heavy atom. The van der Waals surface area contributed by atoms with Crippen molar-refractivity contribution in [2.45, 2.75) is 19.3 Å². The van der Waals surface area contributed by atoms with E-state index in [-0.39, 0.29) is 11.7 Å². The molecule has 1 saturated heterocycles. The molecule has 1 amide bonds. The number of benzene rings is 1. The van der Waals surface area contributed by atoms with E-state index in [0.29, 0.717) is 24.9 Å². The van der Waals surface area contributed by atoms with Crippen LogP contribution in [0.2, 0.25) is 0 Å². The second-order valence-corrected chi connectivity index (χ2v) is 5.56. The quantitative estimate of drug-likeness (QED) is 0.874. The van der Waals surface area contributed by atoms with Crippen LogP contribution in [-0.2, 0) is 0 Å².